The van der Waals surface area contributed by atoms with Crippen molar-refractivity contribution in [1.82, 2.24) is 20.0 Å². The van der Waals surface area contributed by atoms with Gasteiger partial charge in [0.25, 0.3) is 5.56 Å². The van der Waals surface area contributed by atoms with Crippen LogP contribution in [0, 0.1) is 18.6 Å². The SMILES string of the molecule is Cc1nn(-c2ccc(=O)[nH]n2)c2c1C(c1cc(F)ccc1F)CC(=O)N2. The fourth-order valence-corrected chi connectivity index (χ4v) is 3.22. The van der Waals surface area contributed by atoms with Crippen molar-refractivity contribution in [3.05, 3.63) is 69.1 Å². The number of anilines is 1. The number of aromatic amines is 1. The fourth-order valence-electron chi connectivity index (χ4n) is 3.22. The first kappa shape index (κ1) is 16.1. The van der Waals surface area contributed by atoms with Crippen molar-refractivity contribution in [3.8, 4) is 5.82 Å². The Kier molecular flexibility index (Phi) is 3.64. The van der Waals surface area contributed by atoms with Crippen molar-refractivity contribution in [2.24, 2.45) is 0 Å². The summed E-state index contributed by atoms with van der Waals surface area (Å²) >= 11 is 0. The minimum atomic E-state index is -0.675. The summed E-state index contributed by atoms with van der Waals surface area (Å²) in [4.78, 5) is 23.4. The second-order valence-corrected chi connectivity index (χ2v) is 6.01. The molecule has 1 atom stereocenters. The third kappa shape index (κ3) is 2.57. The summed E-state index contributed by atoms with van der Waals surface area (Å²) in [6.07, 6.45) is -0.0288. The molecule has 0 spiro atoms. The van der Waals surface area contributed by atoms with Crippen LogP contribution in [0.1, 0.15) is 29.2 Å². The van der Waals surface area contributed by atoms with Gasteiger partial charge in [-0.15, -0.1) is 0 Å². The van der Waals surface area contributed by atoms with Gasteiger partial charge in [0.15, 0.2) is 5.82 Å². The number of hydrogen-bond donors (Lipinski definition) is 2. The molecule has 0 radical (unpaired) electrons. The quantitative estimate of drug-likeness (QED) is 0.734. The van der Waals surface area contributed by atoms with E-state index in [9.17, 15) is 18.4 Å². The molecule has 1 aromatic carbocycles. The fraction of sp³-hybridized carbons (Fsp3) is 0.176. The number of benzene rings is 1. The Morgan fingerprint density at radius 3 is 2.73 bits per heavy atom. The van der Waals surface area contributed by atoms with Gasteiger partial charge in [-0.2, -0.15) is 14.9 Å². The molecular weight excluding hydrogens is 344 g/mol. The topological polar surface area (TPSA) is 92.7 Å². The normalized spacial score (nSPS) is 16.3. The number of H-pyrrole nitrogens is 1. The van der Waals surface area contributed by atoms with Gasteiger partial charge >= 0.3 is 0 Å². The van der Waals surface area contributed by atoms with E-state index in [2.05, 4.69) is 20.6 Å². The number of halogens is 2. The molecule has 0 bridgehead atoms. The predicted octanol–water partition coefficient (Wildman–Crippen LogP) is 2.02. The highest BCUT2D eigenvalue weighted by atomic mass is 19.1. The number of hydrogen-bond acceptors (Lipinski definition) is 4. The van der Waals surface area contributed by atoms with Crippen LogP contribution < -0.4 is 10.9 Å². The molecule has 1 unspecified atom stereocenters. The van der Waals surface area contributed by atoms with Crippen LogP contribution in [0.25, 0.3) is 5.82 Å². The van der Waals surface area contributed by atoms with Crippen molar-refractivity contribution in [3.63, 3.8) is 0 Å². The first-order valence-electron chi connectivity index (χ1n) is 7.84. The van der Waals surface area contributed by atoms with Gasteiger partial charge in [0.05, 0.1) is 5.69 Å². The van der Waals surface area contributed by atoms with Crippen molar-refractivity contribution >= 4 is 11.7 Å². The predicted molar refractivity (Wildman–Crippen MR) is 88.2 cm³/mol. The molecule has 9 heteroatoms. The van der Waals surface area contributed by atoms with E-state index in [0.29, 0.717) is 17.1 Å². The zero-order chi connectivity index (χ0) is 18.4. The summed E-state index contributed by atoms with van der Waals surface area (Å²) in [5.41, 5.74) is 0.845. The van der Waals surface area contributed by atoms with Gasteiger partial charge in [-0.1, -0.05) is 0 Å². The van der Waals surface area contributed by atoms with Crippen molar-refractivity contribution in [1.29, 1.82) is 0 Å². The van der Waals surface area contributed by atoms with Crippen LogP contribution in [0.3, 0.4) is 0 Å². The van der Waals surface area contributed by atoms with Crippen molar-refractivity contribution in [2.45, 2.75) is 19.3 Å². The standard InChI is InChI=1S/C17H13F2N5O2/c1-8-16-11(10-6-9(18)2-3-12(10)19)7-15(26)20-17(16)24(23-8)13-4-5-14(25)22-21-13/h2-6,11H,7H2,1H3,(H,20,26)(H,22,25). The molecule has 3 aromatic rings. The molecule has 1 aliphatic heterocycles. The van der Waals surface area contributed by atoms with Crippen LogP contribution in [-0.2, 0) is 4.79 Å². The highest BCUT2D eigenvalue weighted by Crippen LogP contribution is 2.40. The van der Waals surface area contributed by atoms with Gasteiger partial charge in [0.1, 0.15) is 17.5 Å². The number of nitrogens with zero attached hydrogens (tertiary/aromatic N) is 3. The Bertz CT molecular complexity index is 1070. The molecule has 2 aromatic heterocycles. The van der Waals surface area contributed by atoms with Crippen LogP contribution in [0.5, 0.6) is 0 Å². The minimum Gasteiger partial charge on any atom is -0.310 e. The first-order chi connectivity index (χ1) is 12.4. The summed E-state index contributed by atoms with van der Waals surface area (Å²) in [5.74, 6) is -1.59. The molecule has 132 valence electrons. The Balaban J connectivity index is 1.91. The van der Waals surface area contributed by atoms with E-state index >= 15 is 0 Å². The van der Waals surface area contributed by atoms with Gasteiger partial charge < -0.3 is 5.32 Å². The molecule has 0 aliphatic carbocycles. The van der Waals surface area contributed by atoms with Crippen molar-refractivity contribution < 1.29 is 13.6 Å². The van der Waals surface area contributed by atoms with E-state index in [-0.39, 0.29) is 29.3 Å². The lowest BCUT2D eigenvalue weighted by molar-refractivity contribution is -0.116. The number of aromatic nitrogens is 4. The van der Waals surface area contributed by atoms with E-state index in [1.165, 1.54) is 16.8 Å². The van der Waals surface area contributed by atoms with Crippen LogP contribution >= 0.6 is 0 Å². The largest absolute Gasteiger partial charge is 0.310 e. The average molecular weight is 357 g/mol. The summed E-state index contributed by atoms with van der Waals surface area (Å²) in [6.45, 7) is 1.71. The molecule has 0 saturated carbocycles. The average Bonchev–Trinajstić information content (AvgIpc) is 2.94. The lowest BCUT2D eigenvalue weighted by Gasteiger charge is -2.24. The Hall–Kier alpha value is -3.36. The molecule has 0 fully saturated rings. The van der Waals surface area contributed by atoms with Crippen LogP contribution in [0.4, 0.5) is 14.6 Å². The zero-order valence-corrected chi connectivity index (χ0v) is 13.6. The van der Waals surface area contributed by atoms with E-state index in [0.717, 1.165) is 18.2 Å². The number of carbonyl (C=O) groups excluding carboxylic acids is 1. The van der Waals surface area contributed by atoms with Crippen molar-refractivity contribution in [2.75, 3.05) is 5.32 Å². The van der Waals surface area contributed by atoms with Gasteiger partial charge in [0, 0.05) is 24.0 Å². The summed E-state index contributed by atoms with van der Waals surface area (Å²) in [5, 5.41) is 13.3. The highest BCUT2D eigenvalue weighted by molar-refractivity contribution is 5.95. The molecule has 7 nitrogen and oxygen atoms in total. The molecule has 1 amide bonds. The maximum absolute atomic E-state index is 14.3. The molecule has 3 heterocycles. The second kappa shape index (κ2) is 5.87. The minimum absolute atomic E-state index is 0.0288. The van der Waals surface area contributed by atoms with E-state index in [1.54, 1.807) is 6.92 Å². The van der Waals surface area contributed by atoms with Crippen LogP contribution in [0.2, 0.25) is 0 Å². The third-order valence-corrected chi connectivity index (χ3v) is 4.32. The number of aryl methyl sites for hydroxylation is 1. The smallest absolute Gasteiger partial charge is 0.264 e. The van der Waals surface area contributed by atoms with E-state index in [1.807, 2.05) is 0 Å². The first-order valence-corrected chi connectivity index (χ1v) is 7.84. The number of fused-ring (bicyclic) bond motifs is 1. The highest BCUT2D eigenvalue weighted by Gasteiger charge is 2.34. The maximum atomic E-state index is 14.3. The lowest BCUT2D eigenvalue weighted by atomic mass is 9.85. The summed E-state index contributed by atoms with van der Waals surface area (Å²) in [6, 6.07) is 5.89. The van der Waals surface area contributed by atoms with Crippen LogP contribution in [0.15, 0.2) is 35.1 Å². The van der Waals surface area contributed by atoms with Gasteiger partial charge in [-0.25, -0.2) is 13.9 Å². The Morgan fingerprint density at radius 2 is 2.00 bits per heavy atom. The molecule has 4 rings (SSSR count). The summed E-state index contributed by atoms with van der Waals surface area (Å²) in [7, 11) is 0. The number of nitrogens with one attached hydrogen (secondary N) is 2. The Morgan fingerprint density at radius 1 is 1.19 bits per heavy atom. The Labute approximate surface area is 145 Å². The zero-order valence-electron chi connectivity index (χ0n) is 13.6. The molecule has 0 saturated heterocycles. The molecule has 26 heavy (non-hydrogen) atoms. The second-order valence-electron chi connectivity index (χ2n) is 6.01. The molecule has 2 N–H and O–H groups in total. The molecular formula is C17H13F2N5O2. The van der Waals surface area contributed by atoms with Gasteiger partial charge in [-0.05, 0) is 36.8 Å². The number of rotatable bonds is 2. The third-order valence-electron chi connectivity index (χ3n) is 4.32. The van der Waals surface area contributed by atoms with E-state index < -0.39 is 17.6 Å². The van der Waals surface area contributed by atoms with Crippen LogP contribution in [-0.4, -0.2) is 25.9 Å². The number of amides is 1. The monoisotopic (exact) mass is 357 g/mol. The maximum Gasteiger partial charge on any atom is 0.264 e. The number of carbonyl (C=O) groups is 1. The van der Waals surface area contributed by atoms with E-state index in [4.69, 9.17) is 0 Å². The van der Waals surface area contributed by atoms with Gasteiger partial charge in [0.2, 0.25) is 5.91 Å². The lowest BCUT2D eigenvalue weighted by Crippen LogP contribution is -2.25. The van der Waals surface area contributed by atoms with Gasteiger partial charge in [-0.3, -0.25) is 9.59 Å². The summed E-state index contributed by atoms with van der Waals surface area (Å²) < 4.78 is 29.3. The molecule has 1 aliphatic rings.